The fourth-order valence-electron chi connectivity index (χ4n) is 2.46. The first-order valence-corrected chi connectivity index (χ1v) is 7.38. The van der Waals surface area contributed by atoms with Crippen molar-refractivity contribution in [3.63, 3.8) is 0 Å². The van der Waals surface area contributed by atoms with Crippen LogP contribution in [0.25, 0.3) is 0 Å². The molecule has 1 aromatic rings. The van der Waals surface area contributed by atoms with Crippen LogP contribution in [0.3, 0.4) is 0 Å². The van der Waals surface area contributed by atoms with Crippen molar-refractivity contribution in [3.8, 4) is 0 Å². The van der Waals surface area contributed by atoms with E-state index in [1.54, 1.807) is 18.7 Å². The van der Waals surface area contributed by atoms with Gasteiger partial charge in [0.25, 0.3) is 0 Å². The number of ether oxygens (including phenoxy) is 1. The lowest BCUT2D eigenvalue weighted by molar-refractivity contribution is -0.129. The topological polar surface area (TPSA) is 38.3 Å². The summed E-state index contributed by atoms with van der Waals surface area (Å²) in [5.41, 5.74) is 0.629. The largest absolute Gasteiger partial charge is 0.367 e. The maximum Gasteiger partial charge on any atom is 0.133 e. The average Bonchev–Trinajstić information content (AvgIpc) is 2.39. The summed E-state index contributed by atoms with van der Waals surface area (Å²) in [6.07, 6.45) is 2.48. The number of morpholine rings is 1. The van der Waals surface area contributed by atoms with Crippen LogP contribution in [0, 0.1) is 0 Å². The zero-order valence-electron chi connectivity index (χ0n) is 10.9. The van der Waals surface area contributed by atoms with Gasteiger partial charge in [0, 0.05) is 24.4 Å². The normalized spacial score (nSPS) is 23.9. The Labute approximate surface area is 112 Å². The van der Waals surface area contributed by atoms with E-state index < -0.39 is 5.60 Å². The van der Waals surface area contributed by atoms with Crippen molar-refractivity contribution in [2.75, 3.05) is 26.0 Å². The summed E-state index contributed by atoms with van der Waals surface area (Å²) in [5, 5.41) is 3.34. The van der Waals surface area contributed by atoms with Crippen LogP contribution >= 0.6 is 11.8 Å². The van der Waals surface area contributed by atoms with Gasteiger partial charge in [-0.05, 0) is 24.8 Å². The number of rotatable bonds is 4. The molecular weight excluding hydrogens is 246 g/mol. The molecule has 1 saturated heterocycles. The summed E-state index contributed by atoms with van der Waals surface area (Å²) in [5.74, 6) is 0.162. The lowest BCUT2D eigenvalue weighted by atomic mass is 9.87. The fourth-order valence-corrected chi connectivity index (χ4v) is 3.15. The van der Waals surface area contributed by atoms with Crippen LogP contribution in [0.5, 0.6) is 0 Å². The third-order valence-electron chi connectivity index (χ3n) is 3.20. The van der Waals surface area contributed by atoms with Crippen molar-refractivity contribution >= 4 is 17.5 Å². The van der Waals surface area contributed by atoms with Gasteiger partial charge in [0.05, 0.1) is 6.61 Å². The average molecular weight is 265 g/mol. The molecule has 1 aromatic carbocycles. The highest BCUT2D eigenvalue weighted by atomic mass is 32.2. The maximum atomic E-state index is 11.6. The van der Waals surface area contributed by atoms with Crippen LogP contribution in [0.1, 0.15) is 18.9 Å². The Morgan fingerprint density at radius 2 is 2.28 bits per heavy atom. The lowest BCUT2D eigenvalue weighted by Crippen LogP contribution is -2.48. The Kier molecular flexibility index (Phi) is 4.43. The van der Waals surface area contributed by atoms with Gasteiger partial charge in [0.1, 0.15) is 11.4 Å². The van der Waals surface area contributed by atoms with Gasteiger partial charge < -0.3 is 10.1 Å². The van der Waals surface area contributed by atoms with Gasteiger partial charge >= 0.3 is 0 Å². The summed E-state index contributed by atoms with van der Waals surface area (Å²) in [7, 11) is 0. The molecule has 18 heavy (non-hydrogen) atoms. The fraction of sp³-hybridized carbons (Fsp3) is 0.500. The lowest BCUT2D eigenvalue weighted by Gasteiger charge is -2.38. The number of carbonyl (C=O) groups excluding carboxylic acids is 1. The minimum Gasteiger partial charge on any atom is -0.367 e. The predicted octanol–water partition coefficient (Wildman–Crippen LogP) is 2.20. The molecule has 1 aliphatic rings. The molecule has 98 valence electrons. The summed E-state index contributed by atoms with van der Waals surface area (Å²) in [6.45, 7) is 3.82. The molecule has 0 radical (unpaired) electrons. The minimum atomic E-state index is -0.496. The zero-order chi connectivity index (χ0) is 13.0. The van der Waals surface area contributed by atoms with Crippen LogP contribution in [0.15, 0.2) is 29.2 Å². The van der Waals surface area contributed by atoms with E-state index in [2.05, 4.69) is 23.7 Å². The highest BCUT2D eigenvalue weighted by molar-refractivity contribution is 7.98. The summed E-state index contributed by atoms with van der Waals surface area (Å²) < 4.78 is 6.01. The monoisotopic (exact) mass is 265 g/mol. The maximum absolute atomic E-state index is 11.6. The second kappa shape index (κ2) is 5.87. The highest BCUT2D eigenvalue weighted by Gasteiger charge is 2.38. The number of carbonyl (C=O) groups is 1. The van der Waals surface area contributed by atoms with Crippen molar-refractivity contribution in [1.29, 1.82) is 0 Å². The van der Waals surface area contributed by atoms with E-state index in [-0.39, 0.29) is 5.78 Å². The number of hydrogen-bond donors (Lipinski definition) is 1. The van der Waals surface area contributed by atoms with Gasteiger partial charge in [-0.3, -0.25) is 4.79 Å². The Morgan fingerprint density at radius 1 is 1.50 bits per heavy atom. The summed E-state index contributed by atoms with van der Waals surface area (Å²) >= 11 is 1.70. The van der Waals surface area contributed by atoms with Crippen molar-refractivity contribution in [2.24, 2.45) is 0 Å². The summed E-state index contributed by atoms with van der Waals surface area (Å²) in [4.78, 5) is 12.8. The Hall–Kier alpha value is -0.840. The smallest absolute Gasteiger partial charge is 0.133 e. The number of thioether (sulfide) groups is 1. The van der Waals surface area contributed by atoms with Gasteiger partial charge in [-0.2, -0.15) is 0 Å². The third kappa shape index (κ3) is 2.76. The molecule has 0 bridgehead atoms. The van der Waals surface area contributed by atoms with Gasteiger partial charge in [0.15, 0.2) is 0 Å². The molecule has 1 heterocycles. The summed E-state index contributed by atoms with van der Waals surface area (Å²) in [6, 6.07) is 8.18. The molecule has 1 unspecified atom stereocenters. The third-order valence-corrected chi connectivity index (χ3v) is 4.00. The molecule has 0 amide bonds. The molecular formula is C14H19NO2S. The minimum absolute atomic E-state index is 0.162. The Bertz CT molecular complexity index is 428. The van der Waals surface area contributed by atoms with E-state index in [9.17, 15) is 4.79 Å². The van der Waals surface area contributed by atoms with E-state index >= 15 is 0 Å². The number of benzene rings is 1. The SMILES string of the molecule is CSc1ccccc1C1(CC(C)=O)CNCCO1. The van der Waals surface area contributed by atoms with E-state index in [4.69, 9.17) is 4.74 Å². The molecule has 1 aliphatic heterocycles. The molecule has 0 spiro atoms. The predicted molar refractivity (Wildman–Crippen MR) is 74.0 cm³/mol. The van der Waals surface area contributed by atoms with Gasteiger partial charge in [0.2, 0.25) is 0 Å². The molecule has 1 N–H and O–H groups in total. The second-order valence-electron chi connectivity index (χ2n) is 4.60. The van der Waals surface area contributed by atoms with Crippen molar-refractivity contribution in [3.05, 3.63) is 29.8 Å². The second-order valence-corrected chi connectivity index (χ2v) is 5.45. The van der Waals surface area contributed by atoms with Gasteiger partial charge in [-0.15, -0.1) is 11.8 Å². The Morgan fingerprint density at radius 3 is 2.89 bits per heavy atom. The van der Waals surface area contributed by atoms with Crippen molar-refractivity contribution in [1.82, 2.24) is 5.32 Å². The van der Waals surface area contributed by atoms with Crippen LogP contribution in [0.2, 0.25) is 0 Å². The van der Waals surface area contributed by atoms with E-state index in [0.29, 0.717) is 19.6 Å². The van der Waals surface area contributed by atoms with E-state index in [1.165, 1.54) is 4.90 Å². The standard InChI is InChI=1S/C14H19NO2S/c1-11(16)9-14(10-15-7-8-17-14)12-5-3-4-6-13(12)18-2/h3-6,15H,7-10H2,1-2H3. The zero-order valence-corrected chi connectivity index (χ0v) is 11.7. The van der Waals surface area contributed by atoms with Crippen molar-refractivity contribution in [2.45, 2.75) is 23.8 Å². The van der Waals surface area contributed by atoms with E-state index in [0.717, 1.165) is 12.1 Å². The first kappa shape index (κ1) is 13.6. The molecule has 1 fully saturated rings. The molecule has 0 aromatic heterocycles. The number of nitrogens with one attached hydrogen (secondary N) is 1. The molecule has 4 heteroatoms. The molecule has 1 atom stereocenters. The highest BCUT2D eigenvalue weighted by Crippen LogP contribution is 2.36. The molecule has 0 saturated carbocycles. The van der Waals surface area contributed by atoms with E-state index in [1.807, 2.05) is 12.1 Å². The molecule has 0 aliphatic carbocycles. The van der Waals surface area contributed by atoms with Crippen LogP contribution in [0.4, 0.5) is 0 Å². The van der Waals surface area contributed by atoms with Crippen LogP contribution < -0.4 is 5.32 Å². The first-order valence-electron chi connectivity index (χ1n) is 6.15. The van der Waals surface area contributed by atoms with Crippen LogP contribution in [-0.2, 0) is 15.1 Å². The number of ketones is 1. The van der Waals surface area contributed by atoms with Gasteiger partial charge in [-0.25, -0.2) is 0 Å². The van der Waals surface area contributed by atoms with Crippen molar-refractivity contribution < 1.29 is 9.53 Å². The Balaban J connectivity index is 2.41. The van der Waals surface area contributed by atoms with Crippen LogP contribution in [-0.4, -0.2) is 31.7 Å². The van der Waals surface area contributed by atoms with Gasteiger partial charge in [-0.1, -0.05) is 18.2 Å². The molecule has 2 rings (SSSR count). The number of Topliss-reactive ketones (excluding diaryl/α,β-unsaturated/α-hetero) is 1. The first-order chi connectivity index (χ1) is 8.68. The number of hydrogen-bond acceptors (Lipinski definition) is 4. The molecule has 3 nitrogen and oxygen atoms in total. The quantitative estimate of drug-likeness (QED) is 0.847.